The molecule has 1 fully saturated rings. The summed E-state index contributed by atoms with van der Waals surface area (Å²) in [4.78, 5) is 9.07. The monoisotopic (exact) mass is 227 g/mol. The van der Waals surface area contributed by atoms with Crippen LogP contribution in [0, 0.1) is 5.92 Å². The summed E-state index contributed by atoms with van der Waals surface area (Å²) in [6, 6.07) is 8.13. The zero-order chi connectivity index (χ0) is 11.4. The first-order chi connectivity index (χ1) is 8.33. The minimum Gasteiger partial charge on any atom is -0.370 e. The molecule has 3 N–H and O–H groups in total. The van der Waals surface area contributed by atoms with E-state index in [4.69, 9.17) is 5.73 Å². The van der Waals surface area contributed by atoms with Gasteiger partial charge in [-0.05, 0) is 25.0 Å². The second kappa shape index (κ2) is 3.00. The highest BCUT2D eigenvalue weighted by atomic mass is 15.4. The van der Waals surface area contributed by atoms with Crippen molar-refractivity contribution in [1.82, 2.24) is 9.55 Å². The molecule has 0 bridgehead atoms. The van der Waals surface area contributed by atoms with Gasteiger partial charge in [-0.3, -0.25) is 9.88 Å². The van der Waals surface area contributed by atoms with E-state index in [-0.39, 0.29) is 6.17 Å². The number of guanidine groups is 1. The quantitative estimate of drug-likeness (QED) is 0.778. The summed E-state index contributed by atoms with van der Waals surface area (Å²) >= 11 is 0. The van der Waals surface area contributed by atoms with Gasteiger partial charge in [0.2, 0.25) is 5.95 Å². The molecular weight excluding hydrogens is 214 g/mol. The van der Waals surface area contributed by atoms with Gasteiger partial charge < -0.3 is 5.73 Å². The van der Waals surface area contributed by atoms with E-state index in [9.17, 15) is 0 Å². The largest absolute Gasteiger partial charge is 0.370 e. The van der Waals surface area contributed by atoms with Crippen LogP contribution in [0.4, 0.5) is 5.95 Å². The Labute approximate surface area is 98.3 Å². The lowest BCUT2D eigenvalue weighted by Gasteiger charge is -2.23. The van der Waals surface area contributed by atoms with Gasteiger partial charge in [-0.2, -0.15) is 0 Å². The Kier molecular flexibility index (Phi) is 1.59. The Morgan fingerprint density at radius 1 is 1.29 bits per heavy atom. The predicted octanol–water partition coefficient (Wildman–Crippen LogP) is 1.69. The molecule has 0 amide bonds. The van der Waals surface area contributed by atoms with Gasteiger partial charge >= 0.3 is 0 Å². The van der Waals surface area contributed by atoms with E-state index in [1.165, 1.54) is 12.8 Å². The third kappa shape index (κ3) is 1.25. The molecule has 2 aromatic rings. The fraction of sp³-hybridized carbons (Fsp3) is 0.333. The molecule has 1 aliphatic heterocycles. The smallest absolute Gasteiger partial charge is 0.212 e. The predicted molar refractivity (Wildman–Crippen MR) is 66.7 cm³/mol. The van der Waals surface area contributed by atoms with Crippen LogP contribution in [-0.4, -0.2) is 15.5 Å². The zero-order valence-electron chi connectivity index (χ0n) is 9.30. The molecule has 1 aliphatic carbocycles. The van der Waals surface area contributed by atoms with Crippen LogP contribution in [0.25, 0.3) is 11.0 Å². The van der Waals surface area contributed by atoms with Crippen molar-refractivity contribution in [2.45, 2.75) is 19.0 Å². The third-order valence-corrected chi connectivity index (χ3v) is 3.42. The number of anilines is 1. The number of imidazole rings is 1. The number of nitrogens with one attached hydrogen (secondary N) is 1. The number of hydrogen-bond acceptors (Lipinski definition) is 4. The molecular formula is C12H13N5. The summed E-state index contributed by atoms with van der Waals surface area (Å²) in [6.45, 7) is 0. The van der Waals surface area contributed by atoms with E-state index < -0.39 is 0 Å². The Bertz CT molecular complexity index is 623. The van der Waals surface area contributed by atoms with Gasteiger partial charge in [0, 0.05) is 5.92 Å². The number of benzene rings is 1. The standard InChI is InChI=1S/C12H13N5/c13-11-15-10(7-5-6-7)17-9-4-2-1-3-8(9)14-12(17)16-11/h1-4,7,10H,5-6H2,(H3,13,14,15,16)/t10-/m0/s1. The average molecular weight is 227 g/mol. The fourth-order valence-corrected chi connectivity index (χ4v) is 2.46. The molecule has 17 heavy (non-hydrogen) atoms. The Balaban J connectivity index is 1.98. The second-order valence-electron chi connectivity index (χ2n) is 4.68. The number of nitrogens with zero attached hydrogens (tertiary/aromatic N) is 3. The van der Waals surface area contributed by atoms with Gasteiger partial charge in [-0.1, -0.05) is 12.1 Å². The van der Waals surface area contributed by atoms with E-state index in [0.29, 0.717) is 11.9 Å². The van der Waals surface area contributed by atoms with Gasteiger partial charge in [-0.15, -0.1) is 0 Å². The SMILES string of the molecule is NC1=N[C@H](C2CC2)n2c(nc3ccccc32)N1. The van der Waals surface area contributed by atoms with Crippen molar-refractivity contribution in [3.05, 3.63) is 24.3 Å². The van der Waals surface area contributed by atoms with Crippen molar-refractivity contribution in [3.63, 3.8) is 0 Å². The van der Waals surface area contributed by atoms with Crippen LogP contribution >= 0.6 is 0 Å². The molecule has 86 valence electrons. The number of hydrogen-bond donors (Lipinski definition) is 2. The molecule has 2 aliphatic rings. The maximum Gasteiger partial charge on any atom is 0.212 e. The van der Waals surface area contributed by atoms with Gasteiger partial charge in [0.15, 0.2) is 5.96 Å². The van der Waals surface area contributed by atoms with Crippen molar-refractivity contribution in [1.29, 1.82) is 0 Å². The molecule has 1 aromatic carbocycles. The average Bonchev–Trinajstić information content (AvgIpc) is 3.09. The van der Waals surface area contributed by atoms with Crippen LogP contribution in [0.5, 0.6) is 0 Å². The van der Waals surface area contributed by atoms with Crippen LogP contribution in [0.1, 0.15) is 19.0 Å². The highest BCUT2D eigenvalue weighted by Crippen LogP contribution is 2.44. The highest BCUT2D eigenvalue weighted by Gasteiger charge is 2.36. The van der Waals surface area contributed by atoms with Crippen molar-refractivity contribution in [2.24, 2.45) is 16.6 Å². The van der Waals surface area contributed by atoms with Crippen LogP contribution in [0.3, 0.4) is 0 Å². The Morgan fingerprint density at radius 3 is 2.94 bits per heavy atom. The molecule has 0 radical (unpaired) electrons. The van der Waals surface area contributed by atoms with Crippen molar-refractivity contribution in [3.8, 4) is 0 Å². The molecule has 4 rings (SSSR count). The molecule has 1 saturated carbocycles. The number of rotatable bonds is 1. The second-order valence-corrected chi connectivity index (χ2v) is 4.68. The minimum atomic E-state index is 0.124. The van der Waals surface area contributed by atoms with Crippen molar-refractivity contribution >= 4 is 22.9 Å². The molecule has 5 heteroatoms. The first-order valence-corrected chi connectivity index (χ1v) is 5.90. The Morgan fingerprint density at radius 2 is 2.12 bits per heavy atom. The lowest BCUT2D eigenvalue weighted by atomic mass is 10.2. The van der Waals surface area contributed by atoms with Gasteiger partial charge in [0.25, 0.3) is 0 Å². The van der Waals surface area contributed by atoms with Gasteiger partial charge in [0.05, 0.1) is 11.0 Å². The number of para-hydroxylation sites is 2. The summed E-state index contributed by atoms with van der Waals surface area (Å²) in [6.07, 6.45) is 2.58. The molecule has 1 atom stereocenters. The van der Waals surface area contributed by atoms with Crippen molar-refractivity contribution in [2.75, 3.05) is 5.32 Å². The highest BCUT2D eigenvalue weighted by molar-refractivity contribution is 5.94. The lowest BCUT2D eigenvalue weighted by molar-refractivity contribution is 0.474. The summed E-state index contributed by atoms with van der Waals surface area (Å²) in [7, 11) is 0. The van der Waals surface area contributed by atoms with Crippen LogP contribution in [0.2, 0.25) is 0 Å². The first kappa shape index (κ1) is 9.04. The van der Waals surface area contributed by atoms with E-state index in [0.717, 1.165) is 17.0 Å². The molecule has 0 saturated heterocycles. The summed E-state index contributed by atoms with van der Waals surface area (Å²) < 4.78 is 2.17. The number of aliphatic imine (C=N–C) groups is 1. The van der Waals surface area contributed by atoms with E-state index in [1.54, 1.807) is 0 Å². The third-order valence-electron chi connectivity index (χ3n) is 3.42. The van der Waals surface area contributed by atoms with Gasteiger partial charge in [-0.25, -0.2) is 9.98 Å². The number of fused-ring (bicyclic) bond motifs is 3. The van der Waals surface area contributed by atoms with E-state index >= 15 is 0 Å². The molecule has 1 aromatic heterocycles. The number of nitrogens with two attached hydrogens (primary N) is 1. The number of aromatic nitrogens is 2. The van der Waals surface area contributed by atoms with Crippen LogP contribution < -0.4 is 11.1 Å². The normalized spacial score (nSPS) is 23.1. The fourth-order valence-electron chi connectivity index (χ4n) is 2.46. The van der Waals surface area contributed by atoms with Crippen molar-refractivity contribution < 1.29 is 0 Å². The van der Waals surface area contributed by atoms with Crippen LogP contribution in [-0.2, 0) is 0 Å². The van der Waals surface area contributed by atoms with E-state index in [1.807, 2.05) is 18.2 Å². The maximum absolute atomic E-state index is 5.81. The van der Waals surface area contributed by atoms with E-state index in [2.05, 4.69) is 25.9 Å². The zero-order valence-corrected chi connectivity index (χ0v) is 9.30. The lowest BCUT2D eigenvalue weighted by Crippen LogP contribution is -2.31. The minimum absolute atomic E-state index is 0.124. The molecule has 5 nitrogen and oxygen atoms in total. The first-order valence-electron chi connectivity index (χ1n) is 5.90. The summed E-state index contributed by atoms with van der Waals surface area (Å²) in [5, 5.41) is 3.04. The molecule has 2 heterocycles. The van der Waals surface area contributed by atoms with Gasteiger partial charge in [0.1, 0.15) is 6.17 Å². The summed E-state index contributed by atoms with van der Waals surface area (Å²) in [5.41, 5.74) is 7.93. The molecule has 0 unspecified atom stereocenters. The summed E-state index contributed by atoms with van der Waals surface area (Å²) in [5.74, 6) is 1.91. The Hall–Kier alpha value is -2.04. The van der Waals surface area contributed by atoms with Crippen LogP contribution in [0.15, 0.2) is 29.3 Å². The molecule has 0 spiro atoms. The maximum atomic E-state index is 5.81. The topological polar surface area (TPSA) is 68.2 Å².